The summed E-state index contributed by atoms with van der Waals surface area (Å²) in [6, 6.07) is 8.71. The molecule has 3 rings (SSSR count). The van der Waals surface area contributed by atoms with E-state index in [0.29, 0.717) is 12.2 Å². The molecule has 0 amide bonds. The Morgan fingerprint density at radius 2 is 2.00 bits per heavy atom. The zero-order chi connectivity index (χ0) is 16.4. The van der Waals surface area contributed by atoms with Crippen molar-refractivity contribution in [2.45, 2.75) is 25.6 Å². The molecule has 0 unspecified atom stereocenters. The fourth-order valence-electron chi connectivity index (χ4n) is 3.12. The maximum atomic E-state index is 12.0. The Morgan fingerprint density at radius 1 is 1.26 bits per heavy atom. The molecule has 0 bridgehead atoms. The number of rotatable bonds is 4. The minimum Gasteiger partial charge on any atom is -0.462 e. The molecule has 4 atom stereocenters. The highest BCUT2D eigenvalue weighted by Gasteiger charge is 2.49. The molecule has 122 valence electrons. The lowest BCUT2D eigenvalue weighted by Gasteiger charge is -2.32. The summed E-state index contributed by atoms with van der Waals surface area (Å²) in [5.41, 5.74) is 0.479. The average molecular weight is 318 g/mol. The van der Waals surface area contributed by atoms with Gasteiger partial charge in [-0.1, -0.05) is 18.2 Å². The number of Topliss-reactive ketones (excluding diaryl/α,β-unsaturated/α-hetero) is 1. The monoisotopic (exact) mass is 318 g/mol. The molecular formula is C17H18O6. The third kappa shape index (κ3) is 3.27. The number of hydrogen-bond donors (Lipinski definition) is 0. The van der Waals surface area contributed by atoms with E-state index in [0.717, 1.165) is 0 Å². The Balaban J connectivity index is 1.62. The van der Waals surface area contributed by atoms with Crippen LogP contribution in [0.25, 0.3) is 0 Å². The van der Waals surface area contributed by atoms with Crippen LogP contribution in [0.2, 0.25) is 0 Å². The number of cyclic esters (lactones) is 1. The molecule has 0 radical (unpaired) electrons. The fourth-order valence-corrected chi connectivity index (χ4v) is 3.12. The van der Waals surface area contributed by atoms with Gasteiger partial charge in [-0.15, -0.1) is 0 Å². The van der Waals surface area contributed by atoms with Crippen molar-refractivity contribution in [2.75, 3.05) is 13.2 Å². The number of ketones is 1. The SMILES string of the molecule is CC(=O)[C@@H]1OC(=O)C[C@@H]2[C@@H](COC(=O)c3ccccc3)CO[C@@H]21. The maximum Gasteiger partial charge on any atom is 0.338 e. The van der Waals surface area contributed by atoms with Crippen molar-refractivity contribution in [1.82, 2.24) is 0 Å². The summed E-state index contributed by atoms with van der Waals surface area (Å²) in [6.07, 6.45) is -1.11. The van der Waals surface area contributed by atoms with E-state index >= 15 is 0 Å². The second-order valence-corrected chi connectivity index (χ2v) is 5.91. The van der Waals surface area contributed by atoms with Crippen LogP contribution in [0.4, 0.5) is 0 Å². The molecule has 0 aliphatic carbocycles. The lowest BCUT2D eigenvalue weighted by atomic mass is 9.83. The Bertz CT molecular complexity index is 611. The van der Waals surface area contributed by atoms with Gasteiger partial charge >= 0.3 is 11.9 Å². The highest BCUT2D eigenvalue weighted by molar-refractivity contribution is 5.89. The predicted molar refractivity (Wildman–Crippen MR) is 78.6 cm³/mol. The zero-order valence-electron chi connectivity index (χ0n) is 12.8. The molecule has 0 N–H and O–H groups in total. The normalized spacial score (nSPS) is 29.5. The van der Waals surface area contributed by atoms with Crippen molar-refractivity contribution in [3.05, 3.63) is 35.9 Å². The molecule has 1 aromatic carbocycles. The average Bonchev–Trinajstić information content (AvgIpc) is 2.95. The van der Waals surface area contributed by atoms with E-state index in [2.05, 4.69) is 0 Å². The smallest absolute Gasteiger partial charge is 0.338 e. The lowest BCUT2D eigenvalue weighted by Crippen LogP contribution is -2.46. The van der Waals surface area contributed by atoms with Gasteiger partial charge in [0.15, 0.2) is 11.9 Å². The van der Waals surface area contributed by atoms with Crippen LogP contribution in [0.5, 0.6) is 0 Å². The minimum atomic E-state index is -0.851. The molecule has 0 spiro atoms. The molecule has 2 saturated heterocycles. The maximum absolute atomic E-state index is 12.0. The van der Waals surface area contributed by atoms with Gasteiger partial charge in [-0.25, -0.2) is 4.79 Å². The third-order valence-electron chi connectivity index (χ3n) is 4.33. The summed E-state index contributed by atoms with van der Waals surface area (Å²) in [5.74, 6) is -1.31. The van der Waals surface area contributed by atoms with E-state index in [-0.39, 0.29) is 30.6 Å². The summed E-state index contributed by atoms with van der Waals surface area (Å²) < 4.78 is 16.1. The van der Waals surface area contributed by atoms with Gasteiger partial charge < -0.3 is 14.2 Å². The van der Waals surface area contributed by atoms with Crippen molar-refractivity contribution in [3.63, 3.8) is 0 Å². The number of ether oxygens (including phenoxy) is 3. The molecule has 6 heteroatoms. The van der Waals surface area contributed by atoms with Gasteiger partial charge in [0, 0.05) is 11.8 Å². The van der Waals surface area contributed by atoms with E-state index in [9.17, 15) is 14.4 Å². The van der Waals surface area contributed by atoms with Crippen LogP contribution in [0, 0.1) is 11.8 Å². The van der Waals surface area contributed by atoms with Crippen LogP contribution in [0.15, 0.2) is 30.3 Å². The van der Waals surface area contributed by atoms with Gasteiger partial charge in [-0.05, 0) is 19.1 Å². The Kier molecular flexibility index (Phi) is 4.43. The van der Waals surface area contributed by atoms with Crippen molar-refractivity contribution < 1.29 is 28.6 Å². The molecular weight excluding hydrogens is 300 g/mol. The standard InChI is InChI=1S/C17H18O6/c1-10(18)15-16-13(7-14(19)23-15)12(8-21-16)9-22-17(20)11-5-3-2-4-6-11/h2-6,12-13,15-16H,7-9H2,1H3/t12-,13-,15+,16+/m1/s1. The number of esters is 2. The summed E-state index contributed by atoms with van der Waals surface area (Å²) in [7, 11) is 0. The number of carbonyl (C=O) groups excluding carboxylic acids is 3. The zero-order valence-corrected chi connectivity index (χ0v) is 12.8. The van der Waals surface area contributed by atoms with Gasteiger partial charge in [0.1, 0.15) is 6.10 Å². The van der Waals surface area contributed by atoms with Crippen LogP contribution >= 0.6 is 0 Å². The predicted octanol–water partition coefficient (Wildman–Crippen LogP) is 1.38. The molecule has 2 fully saturated rings. The second-order valence-electron chi connectivity index (χ2n) is 5.91. The van der Waals surface area contributed by atoms with Crippen LogP contribution in [0.1, 0.15) is 23.7 Å². The summed E-state index contributed by atoms with van der Waals surface area (Å²) in [5, 5.41) is 0. The first kappa shape index (κ1) is 15.7. The van der Waals surface area contributed by atoms with Gasteiger partial charge in [0.05, 0.1) is 25.2 Å². The van der Waals surface area contributed by atoms with Crippen LogP contribution in [-0.2, 0) is 23.8 Å². The second kappa shape index (κ2) is 6.50. The summed E-state index contributed by atoms with van der Waals surface area (Å²) in [6.45, 7) is 1.89. The fraction of sp³-hybridized carbons (Fsp3) is 0.471. The number of hydrogen-bond acceptors (Lipinski definition) is 6. The van der Waals surface area contributed by atoms with E-state index in [1.807, 2.05) is 6.07 Å². The molecule has 23 heavy (non-hydrogen) atoms. The number of fused-ring (bicyclic) bond motifs is 1. The molecule has 2 aliphatic heterocycles. The highest BCUT2D eigenvalue weighted by Crippen LogP contribution is 2.37. The van der Waals surface area contributed by atoms with Crippen LogP contribution < -0.4 is 0 Å². The highest BCUT2D eigenvalue weighted by atomic mass is 16.6. The quantitative estimate of drug-likeness (QED) is 0.780. The minimum absolute atomic E-state index is 0.109. The number of carbonyl (C=O) groups is 3. The Morgan fingerprint density at radius 3 is 2.70 bits per heavy atom. The molecule has 0 saturated carbocycles. The van der Waals surface area contributed by atoms with E-state index in [4.69, 9.17) is 14.2 Å². The van der Waals surface area contributed by atoms with Crippen molar-refractivity contribution in [1.29, 1.82) is 0 Å². The Labute approximate surface area is 133 Å². The van der Waals surface area contributed by atoms with Crippen molar-refractivity contribution >= 4 is 17.7 Å². The first-order valence-electron chi connectivity index (χ1n) is 7.60. The van der Waals surface area contributed by atoms with Gasteiger partial charge in [-0.2, -0.15) is 0 Å². The molecule has 2 aliphatic rings. The van der Waals surface area contributed by atoms with Crippen molar-refractivity contribution in [2.24, 2.45) is 11.8 Å². The molecule has 0 aromatic heterocycles. The topological polar surface area (TPSA) is 78.9 Å². The largest absolute Gasteiger partial charge is 0.462 e. The van der Waals surface area contributed by atoms with Gasteiger partial charge in [-0.3, -0.25) is 9.59 Å². The van der Waals surface area contributed by atoms with Crippen LogP contribution in [0.3, 0.4) is 0 Å². The molecule has 1 aromatic rings. The third-order valence-corrected chi connectivity index (χ3v) is 4.33. The molecule has 2 heterocycles. The van der Waals surface area contributed by atoms with Gasteiger partial charge in [0.25, 0.3) is 0 Å². The first-order valence-corrected chi connectivity index (χ1v) is 7.60. The van der Waals surface area contributed by atoms with E-state index < -0.39 is 24.1 Å². The van der Waals surface area contributed by atoms with E-state index in [1.54, 1.807) is 24.3 Å². The van der Waals surface area contributed by atoms with Crippen molar-refractivity contribution in [3.8, 4) is 0 Å². The van der Waals surface area contributed by atoms with E-state index in [1.165, 1.54) is 6.92 Å². The summed E-state index contributed by atoms with van der Waals surface area (Å²) >= 11 is 0. The van der Waals surface area contributed by atoms with Gasteiger partial charge in [0.2, 0.25) is 0 Å². The first-order chi connectivity index (χ1) is 11.1. The van der Waals surface area contributed by atoms with Crippen LogP contribution in [-0.4, -0.2) is 43.1 Å². The molecule has 6 nitrogen and oxygen atoms in total. The Hall–Kier alpha value is -2.21. The lowest BCUT2D eigenvalue weighted by molar-refractivity contribution is -0.173. The number of benzene rings is 1. The summed E-state index contributed by atoms with van der Waals surface area (Å²) in [4.78, 5) is 35.3.